The highest BCUT2D eigenvalue weighted by atomic mass is 79.9. The second-order valence-electron chi connectivity index (χ2n) is 5.03. The monoisotopic (exact) mass is 366 g/mol. The minimum absolute atomic E-state index is 0.241. The summed E-state index contributed by atoms with van der Waals surface area (Å²) in [6.07, 6.45) is 1.64. The van der Waals surface area contributed by atoms with Gasteiger partial charge in [-0.15, -0.1) is 0 Å². The van der Waals surface area contributed by atoms with Gasteiger partial charge in [-0.2, -0.15) is 5.26 Å². The zero-order valence-corrected chi connectivity index (χ0v) is 13.8. The summed E-state index contributed by atoms with van der Waals surface area (Å²) in [7, 11) is 0. The number of benzene rings is 2. The molecule has 0 fully saturated rings. The number of aliphatic imine (C=N–C) groups is 1. The van der Waals surface area contributed by atoms with Gasteiger partial charge in [0.25, 0.3) is 0 Å². The van der Waals surface area contributed by atoms with Gasteiger partial charge >= 0.3 is 5.97 Å². The van der Waals surface area contributed by atoms with E-state index in [4.69, 9.17) is 10.00 Å². The van der Waals surface area contributed by atoms with E-state index >= 15 is 0 Å². The zero-order valence-electron chi connectivity index (χ0n) is 12.2. The smallest absolute Gasteiger partial charge is 0.363 e. The first kappa shape index (κ1) is 15.2. The lowest BCUT2D eigenvalue weighted by Gasteiger charge is -2.02. The molecule has 0 atom stereocenters. The Morgan fingerprint density at radius 3 is 2.61 bits per heavy atom. The molecule has 0 saturated heterocycles. The Morgan fingerprint density at radius 1 is 1.22 bits per heavy atom. The number of cyclic esters (lactones) is 1. The van der Waals surface area contributed by atoms with E-state index in [1.165, 1.54) is 0 Å². The number of nitrogens with zero attached hydrogens (tertiary/aromatic N) is 2. The third-order valence-corrected chi connectivity index (χ3v) is 4.26. The van der Waals surface area contributed by atoms with Crippen LogP contribution in [0.2, 0.25) is 0 Å². The van der Waals surface area contributed by atoms with Crippen molar-refractivity contribution in [3.63, 3.8) is 0 Å². The fourth-order valence-electron chi connectivity index (χ4n) is 2.12. The minimum atomic E-state index is -0.482. The van der Waals surface area contributed by atoms with Crippen molar-refractivity contribution in [2.24, 2.45) is 4.99 Å². The molecule has 0 aliphatic carbocycles. The van der Waals surface area contributed by atoms with Gasteiger partial charge in [-0.3, -0.25) is 0 Å². The lowest BCUT2D eigenvalue weighted by molar-refractivity contribution is -0.129. The second kappa shape index (κ2) is 6.19. The molecule has 0 bridgehead atoms. The number of hydrogen-bond acceptors (Lipinski definition) is 4. The molecular weight excluding hydrogens is 356 g/mol. The molecule has 1 aliphatic rings. The predicted molar refractivity (Wildman–Crippen MR) is 90.6 cm³/mol. The first-order chi connectivity index (χ1) is 11.1. The molecule has 4 nitrogen and oxygen atoms in total. The molecule has 0 spiro atoms. The van der Waals surface area contributed by atoms with Crippen LogP contribution in [-0.2, 0) is 9.53 Å². The molecule has 0 unspecified atom stereocenters. The highest BCUT2D eigenvalue weighted by Gasteiger charge is 2.24. The van der Waals surface area contributed by atoms with Crippen LogP contribution in [0.5, 0.6) is 0 Å². The van der Waals surface area contributed by atoms with E-state index in [1.807, 2.05) is 25.1 Å². The number of ether oxygens (including phenoxy) is 1. The summed E-state index contributed by atoms with van der Waals surface area (Å²) >= 11 is 3.44. The van der Waals surface area contributed by atoms with Crippen molar-refractivity contribution in [2.75, 3.05) is 0 Å². The van der Waals surface area contributed by atoms with Crippen molar-refractivity contribution in [1.29, 1.82) is 5.26 Å². The Labute approximate surface area is 141 Å². The molecule has 2 aromatic rings. The molecule has 2 aromatic carbocycles. The molecule has 0 saturated carbocycles. The summed E-state index contributed by atoms with van der Waals surface area (Å²) in [5, 5.41) is 8.79. The lowest BCUT2D eigenvalue weighted by Crippen LogP contribution is -2.05. The van der Waals surface area contributed by atoms with Crippen LogP contribution >= 0.6 is 15.9 Å². The molecule has 5 heteroatoms. The number of carbonyl (C=O) groups excluding carboxylic acids is 1. The summed E-state index contributed by atoms with van der Waals surface area (Å²) in [5.74, 6) is -0.185. The Kier molecular flexibility index (Phi) is 4.09. The van der Waals surface area contributed by atoms with Crippen molar-refractivity contribution in [3.05, 3.63) is 74.9 Å². The first-order valence-corrected chi connectivity index (χ1v) is 7.65. The highest BCUT2D eigenvalue weighted by molar-refractivity contribution is 9.10. The van der Waals surface area contributed by atoms with Crippen LogP contribution in [0.3, 0.4) is 0 Å². The predicted octanol–water partition coefficient (Wildman–Crippen LogP) is 3.97. The van der Waals surface area contributed by atoms with Gasteiger partial charge < -0.3 is 4.74 Å². The Bertz CT molecular complexity index is 890. The molecule has 1 aliphatic heterocycles. The van der Waals surface area contributed by atoms with Gasteiger partial charge in [0.05, 0.1) is 11.6 Å². The maximum Gasteiger partial charge on any atom is 0.363 e. The Morgan fingerprint density at radius 2 is 1.96 bits per heavy atom. The molecule has 3 rings (SSSR count). The Balaban J connectivity index is 1.92. The molecule has 1 heterocycles. The second-order valence-corrected chi connectivity index (χ2v) is 5.89. The molecular formula is C18H11BrN2O2. The van der Waals surface area contributed by atoms with Crippen LogP contribution in [0, 0.1) is 18.3 Å². The zero-order chi connectivity index (χ0) is 16.4. The van der Waals surface area contributed by atoms with Crippen molar-refractivity contribution < 1.29 is 9.53 Å². The first-order valence-electron chi connectivity index (χ1n) is 6.86. The summed E-state index contributed by atoms with van der Waals surface area (Å²) < 4.78 is 6.23. The van der Waals surface area contributed by atoms with E-state index in [2.05, 4.69) is 27.0 Å². The topological polar surface area (TPSA) is 62.5 Å². The van der Waals surface area contributed by atoms with Crippen molar-refractivity contribution in [3.8, 4) is 6.07 Å². The summed E-state index contributed by atoms with van der Waals surface area (Å²) in [5.41, 5.74) is 3.38. The van der Waals surface area contributed by atoms with Gasteiger partial charge in [0, 0.05) is 10.0 Å². The van der Waals surface area contributed by atoms with Gasteiger partial charge in [0.15, 0.2) is 5.70 Å². The standard InChI is InChI=1S/C18H11BrN2O2/c1-11-8-14(6-7-15(11)19)17-21-16(18(22)23-17)9-12-2-4-13(10-20)5-3-12/h2-9H,1H3/b16-9-. The summed E-state index contributed by atoms with van der Waals surface area (Å²) in [6.45, 7) is 1.96. The number of aryl methyl sites for hydroxylation is 1. The van der Waals surface area contributed by atoms with Crippen molar-refractivity contribution in [2.45, 2.75) is 6.92 Å². The van der Waals surface area contributed by atoms with Gasteiger partial charge in [0.2, 0.25) is 5.90 Å². The van der Waals surface area contributed by atoms with Crippen LogP contribution in [0.15, 0.2) is 57.6 Å². The molecule has 23 heavy (non-hydrogen) atoms. The van der Waals surface area contributed by atoms with Crippen LogP contribution in [0.4, 0.5) is 0 Å². The summed E-state index contributed by atoms with van der Waals surface area (Å²) in [4.78, 5) is 16.2. The minimum Gasteiger partial charge on any atom is -0.402 e. The normalized spacial score (nSPS) is 15.3. The number of esters is 1. The molecule has 0 N–H and O–H groups in total. The molecule has 0 radical (unpaired) electrons. The molecule has 0 aromatic heterocycles. The number of rotatable bonds is 2. The fourth-order valence-corrected chi connectivity index (χ4v) is 2.37. The van der Waals surface area contributed by atoms with Crippen LogP contribution in [0.1, 0.15) is 22.3 Å². The van der Waals surface area contributed by atoms with Gasteiger partial charge in [0.1, 0.15) is 0 Å². The van der Waals surface area contributed by atoms with Crippen molar-refractivity contribution >= 4 is 33.9 Å². The quantitative estimate of drug-likeness (QED) is 0.596. The van der Waals surface area contributed by atoms with Crippen LogP contribution in [-0.4, -0.2) is 11.9 Å². The summed E-state index contributed by atoms with van der Waals surface area (Å²) in [6, 6.07) is 14.6. The molecule has 112 valence electrons. The largest absolute Gasteiger partial charge is 0.402 e. The van der Waals surface area contributed by atoms with E-state index in [1.54, 1.807) is 30.3 Å². The Hall–Kier alpha value is -2.71. The lowest BCUT2D eigenvalue weighted by atomic mass is 10.1. The van der Waals surface area contributed by atoms with E-state index in [0.29, 0.717) is 11.5 Å². The molecule has 0 amide bonds. The van der Waals surface area contributed by atoms with Gasteiger partial charge in [-0.05, 0) is 54.5 Å². The van der Waals surface area contributed by atoms with E-state index in [0.717, 1.165) is 21.2 Å². The third-order valence-electron chi connectivity index (χ3n) is 3.37. The average Bonchev–Trinajstić information content (AvgIpc) is 2.92. The number of hydrogen-bond donors (Lipinski definition) is 0. The number of carbonyl (C=O) groups is 1. The SMILES string of the molecule is Cc1cc(C2=N/C(=C\c3ccc(C#N)cc3)C(=O)O2)ccc1Br. The van der Waals surface area contributed by atoms with E-state index < -0.39 is 5.97 Å². The van der Waals surface area contributed by atoms with Gasteiger partial charge in [-0.25, -0.2) is 9.79 Å². The van der Waals surface area contributed by atoms with Gasteiger partial charge in [-0.1, -0.05) is 28.1 Å². The maximum atomic E-state index is 12.0. The highest BCUT2D eigenvalue weighted by Crippen LogP contribution is 2.22. The van der Waals surface area contributed by atoms with Crippen LogP contribution < -0.4 is 0 Å². The van der Waals surface area contributed by atoms with E-state index in [9.17, 15) is 4.79 Å². The number of nitriles is 1. The van der Waals surface area contributed by atoms with E-state index in [-0.39, 0.29) is 5.70 Å². The number of halogens is 1. The average molecular weight is 367 g/mol. The van der Waals surface area contributed by atoms with Crippen molar-refractivity contribution in [1.82, 2.24) is 0 Å². The fraction of sp³-hybridized carbons (Fsp3) is 0.0556. The van der Waals surface area contributed by atoms with Crippen LogP contribution in [0.25, 0.3) is 6.08 Å². The maximum absolute atomic E-state index is 12.0. The third kappa shape index (κ3) is 3.22.